The third-order valence-corrected chi connectivity index (χ3v) is 1.38. The molecule has 0 saturated carbocycles. The third-order valence-electron chi connectivity index (χ3n) is 1.38. The molecule has 66 valence electrons. The van der Waals surface area contributed by atoms with Crippen LogP contribution < -0.4 is 24.5 Å². The van der Waals surface area contributed by atoms with Crippen LogP contribution in [0.25, 0.3) is 0 Å². The summed E-state index contributed by atoms with van der Waals surface area (Å²) in [4.78, 5) is 3.45. The molecule has 1 aromatic rings. The molecule has 0 radical (unpaired) electrons. The normalized spacial score (nSPS) is 10.8. The van der Waals surface area contributed by atoms with Crippen LogP contribution in [0.1, 0.15) is 5.69 Å². The molecule has 0 saturated heterocycles. The molecule has 3 N–H and O–H groups in total. The first-order chi connectivity index (χ1) is 5.41. The molecule has 0 aliphatic carbocycles. The molecule has 7 heteroatoms. The minimum Gasteiger partial charge on any atom is -0.555 e. The predicted molar refractivity (Wildman–Crippen MR) is 41.0 cm³/mol. The molecule has 0 aliphatic rings. The summed E-state index contributed by atoms with van der Waals surface area (Å²) in [6, 6.07) is 2.37. The summed E-state index contributed by atoms with van der Waals surface area (Å²) < 4.78 is 12.7. The number of aromatic nitrogens is 1. The quantitative estimate of drug-likeness (QED) is 0.381. The fourth-order valence-electron chi connectivity index (χ4n) is 0.831. The Kier molecular flexibility index (Phi) is 4.10. The topological polar surface area (TPSA) is 73.6 Å². The Morgan fingerprint density at radius 1 is 1.31 bits per heavy atom. The van der Waals surface area contributed by atoms with Crippen LogP contribution in [-0.2, 0) is 0 Å². The molecule has 0 aromatic carbocycles. The van der Waals surface area contributed by atoms with Crippen LogP contribution in [-0.4, -0.2) is 26.8 Å². The van der Waals surface area contributed by atoms with Gasteiger partial charge < -0.3 is 15.1 Å². The van der Waals surface area contributed by atoms with Crippen LogP contribution in [0.2, 0.25) is 0 Å². The van der Waals surface area contributed by atoms with Gasteiger partial charge >= 0.3 is 25.6 Å². The fourth-order valence-corrected chi connectivity index (χ4v) is 0.831. The van der Waals surface area contributed by atoms with Crippen molar-refractivity contribution >= 4 is 12.3 Å². The molecule has 1 aromatic heterocycles. The van der Waals surface area contributed by atoms with Crippen molar-refractivity contribution in [2.75, 3.05) is 0 Å². The average Bonchev–Trinajstić information content (AvgIpc) is 1.92. The molecule has 1 rings (SSSR count). The maximum atomic E-state index is 12.7. The van der Waals surface area contributed by atoms with E-state index in [1.807, 2.05) is 0 Å². The minimum atomic E-state index is -3.83. The monoisotopic (exact) mass is 179 g/mol. The van der Waals surface area contributed by atoms with Gasteiger partial charge in [-0.3, -0.25) is 4.98 Å². The van der Waals surface area contributed by atoms with E-state index in [2.05, 4.69) is 4.98 Å². The van der Waals surface area contributed by atoms with Gasteiger partial charge in [-0.2, -0.15) is 0 Å². The molecule has 0 spiro atoms. The van der Waals surface area contributed by atoms with Crippen molar-refractivity contribution in [2.24, 2.45) is 0 Å². The Morgan fingerprint density at radius 3 is 2.23 bits per heavy atom. The van der Waals surface area contributed by atoms with Crippen molar-refractivity contribution in [3.05, 3.63) is 23.6 Å². The van der Waals surface area contributed by atoms with Gasteiger partial charge in [-0.1, -0.05) is 0 Å². The summed E-state index contributed by atoms with van der Waals surface area (Å²) in [5.74, 6) is -0.937. The van der Waals surface area contributed by atoms with E-state index in [-0.39, 0.29) is 18.9 Å². The summed E-state index contributed by atoms with van der Waals surface area (Å²) >= 11 is 0. The van der Waals surface area contributed by atoms with Gasteiger partial charge in [0.25, 0.3) is 0 Å². The van der Waals surface area contributed by atoms with Gasteiger partial charge in [0.15, 0.2) is 0 Å². The summed E-state index contributed by atoms with van der Waals surface area (Å²) in [6.07, 6.45) is 0. The molecule has 0 bridgehead atoms. The van der Waals surface area contributed by atoms with E-state index in [0.29, 0.717) is 5.69 Å². The molecular formula is C6H8BFLiNO3. The average molecular weight is 179 g/mol. The summed E-state index contributed by atoms with van der Waals surface area (Å²) in [5, 5.41) is 26.0. The smallest absolute Gasteiger partial charge is 0.555 e. The summed E-state index contributed by atoms with van der Waals surface area (Å²) in [7, 11) is 0. The van der Waals surface area contributed by atoms with E-state index in [4.69, 9.17) is 15.1 Å². The number of aryl methyl sites for hydroxylation is 1. The van der Waals surface area contributed by atoms with Crippen molar-refractivity contribution in [3.63, 3.8) is 0 Å². The standard InChI is InChI=1S/C6H8BFNO3.Li/c1-4-2-3-5(8)6(9-4)7(10,11)12;/h2-3,10-12H,1H3;/q-1;+1. The molecule has 4 nitrogen and oxygen atoms in total. The largest absolute Gasteiger partial charge is 1.00 e. The zero-order valence-corrected chi connectivity index (χ0v) is 7.40. The van der Waals surface area contributed by atoms with Crippen LogP contribution in [0.5, 0.6) is 0 Å². The molecule has 1 heterocycles. The molecule has 13 heavy (non-hydrogen) atoms. The third kappa shape index (κ3) is 3.10. The van der Waals surface area contributed by atoms with Crippen molar-refractivity contribution in [3.8, 4) is 0 Å². The number of halogens is 1. The van der Waals surface area contributed by atoms with Crippen LogP contribution in [0.15, 0.2) is 12.1 Å². The van der Waals surface area contributed by atoms with Gasteiger partial charge in [-0.05, 0) is 19.1 Å². The van der Waals surface area contributed by atoms with Gasteiger partial charge in [0.2, 0.25) is 0 Å². The van der Waals surface area contributed by atoms with E-state index >= 15 is 0 Å². The second kappa shape index (κ2) is 4.22. The first-order valence-corrected chi connectivity index (χ1v) is 3.36. The van der Waals surface area contributed by atoms with Crippen LogP contribution in [0, 0.1) is 12.7 Å². The van der Waals surface area contributed by atoms with Gasteiger partial charge in [-0.15, -0.1) is 0 Å². The Bertz CT molecular complexity index is 304. The Labute approximate surface area is 86.6 Å². The van der Waals surface area contributed by atoms with E-state index in [1.54, 1.807) is 6.92 Å². The summed E-state index contributed by atoms with van der Waals surface area (Å²) in [5.41, 5.74) is -0.329. The van der Waals surface area contributed by atoms with Gasteiger partial charge in [0.05, 0.1) is 0 Å². The molecule has 0 atom stereocenters. The number of hydrogen-bond donors (Lipinski definition) is 3. The molecular weight excluding hydrogens is 171 g/mol. The van der Waals surface area contributed by atoms with Crippen molar-refractivity contribution in [1.82, 2.24) is 4.98 Å². The van der Waals surface area contributed by atoms with E-state index < -0.39 is 18.2 Å². The van der Waals surface area contributed by atoms with Crippen molar-refractivity contribution in [2.45, 2.75) is 6.92 Å². The molecule has 0 unspecified atom stereocenters. The number of hydrogen-bond acceptors (Lipinski definition) is 4. The van der Waals surface area contributed by atoms with Gasteiger partial charge in [0, 0.05) is 11.3 Å². The van der Waals surface area contributed by atoms with Crippen LogP contribution >= 0.6 is 0 Å². The SMILES string of the molecule is Cc1ccc(F)c([B-](O)(O)O)n1.[Li+]. The van der Waals surface area contributed by atoms with E-state index in [9.17, 15) is 4.39 Å². The number of pyridine rings is 1. The fraction of sp³-hybridized carbons (Fsp3) is 0.167. The first-order valence-electron chi connectivity index (χ1n) is 3.36. The first kappa shape index (κ1) is 12.6. The minimum absolute atomic E-state index is 0. The van der Waals surface area contributed by atoms with E-state index in [0.717, 1.165) is 6.07 Å². The number of rotatable bonds is 1. The van der Waals surface area contributed by atoms with Crippen LogP contribution in [0.3, 0.4) is 0 Å². The maximum Gasteiger partial charge on any atom is 1.00 e. The molecule has 0 aliphatic heterocycles. The van der Waals surface area contributed by atoms with Gasteiger partial charge in [0.1, 0.15) is 5.82 Å². The maximum absolute atomic E-state index is 12.7. The second-order valence-corrected chi connectivity index (χ2v) is 2.55. The molecule has 0 fully saturated rings. The zero-order valence-electron chi connectivity index (χ0n) is 7.40. The Morgan fingerprint density at radius 2 is 1.85 bits per heavy atom. The molecule has 0 amide bonds. The second-order valence-electron chi connectivity index (χ2n) is 2.55. The zero-order chi connectivity index (χ0) is 9.35. The Hall–Kier alpha value is -0.378. The van der Waals surface area contributed by atoms with Crippen molar-refractivity contribution < 1.29 is 38.3 Å². The predicted octanol–water partition coefficient (Wildman–Crippen LogP) is -4.34. The van der Waals surface area contributed by atoms with Crippen LogP contribution in [0.4, 0.5) is 4.39 Å². The van der Waals surface area contributed by atoms with E-state index in [1.165, 1.54) is 6.07 Å². The Balaban J connectivity index is 0.00000144. The number of nitrogens with zero attached hydrogens (tertiary/aromatic N) is 1. The summed E-state index contributed by atoms with van der Waals surface area (Å²) in [6.45, 7) is -2.29. The van der Waals surface area contributed by atoms with Gasteiger partial charge in [-0.25, -0.2) is 4.39 Å². The van der Waals surface area contributed by atoms with Crippen molar-refractivity contribution in [1.29, 1.82) is 0 Å².